The Hall–Kier alpha value is -10.7. The third kappa shape index (κ3) is 35.8. The van der Waals surface area contributed by atoms with E-state index in [9.17, 15) is 49.5 Å². The first-order valence-corrected chi connectivity index (χ1v) is 35.2. The number of nitro groups is 3. The molecule has 5 heterocycles. The molecule has 3 aliphatic heterocycles. The first-order chi connectivity index (χ1) is 58.0. The van der Waals surface area contributed by atoms with Crippen LogP contribution in [0.25, 0.3) is 21.8 Å². The van der Waals surface area contributed by atoms with E-state index in [0.29, 0.717) is 117 Å². The molecule has 3 fully saturated rings. The minimum absolute atomic E-state index is 0. The van der Waals surface area contributed by atoms with Crippen molar-refractivity contribution in [3.8, 4) is 46.0 Å². The van der Waals surface area contributed by atoms with Crippen LogP contribution in [0.4, 0.5) is 34.1 Å². The molecule has 41 nitrogen and oxygen atoms in total. The molecular formula is C78H83ClK2N10O31. The van der Waals surface area contributed by atoms with Gasteiger partial charge in [-0.05, 0) is 153 Å². The van der Waals surface area contributed by atoms with Gasteiger partial charge in [0.2, 0.25) is 18.1 Å². The van der Waals surface area contributed by atoms with Gasteiger partial charge in [-0.25, -0.2) is 29.7 Å². The van der Waals surface area contributed by atoms with Crippen LogP contribution in [0.3, 0.4) is 0 Å². The molecular weight excluding hydrogens is 1690 g/mol. The van der Waals surface area contributed by atoms with Crippen molar-refractivity contribution in [1.29, 1.82) is 0 Å². The van der Waals surface area contributed by atoms with Crippen molar-refractivity contribution in [2.75, 3.05) is 108 Å². The van der Waals surface area contributed by atoms with Gasteiger partial charge in [-0.3, -0.25) is 49.5 Å². The van der Waals surface area contributed by atoms with Crippen LogP contribution < -0.4 is 153 Å². The van der Waals surface area contributed by atoms with Crippen molar-refractivity contribution < 1.29 is 235 Å². The van der Waals surface area contributed by atoms with Gasteiger partial charge in [0.1, 0.15) is 46.0 Å². The summed E-state index contributed by atoms with van der Waals surface area (Å²) in [5, 5.41) is 50.8. The predicted octanol–water partition coefficient (Wildman–Crippen LogP) is 5.78. The molecule has 0 radical (unpaired) electrons. The number of methoxy groups -OCH3 is 7. The Balaban J connectivity index is 0.000000473. The largest absolute Gasteiger partial charge is 1.00 e. The Morgan fingerprint density at radius 2 is 0.877 bits per heavy atom. The Morgan fingerprint density at radius 1 is 0.500 bits per heavy atom. The molecule has 0 aliphatic carbocycles. The van der Waals surface area contributed by atoms with Crippen molar-refractivity contribution in [3.63, 3.8) is 0 Å². The average Bonchev–Trinajstić information content (AvgIpc) is 1.80. The van der Waals surface area contributed by atoms with Gasteiger partial charge in [0.25, 0.3) is 23.5 Å². The number of aromatic hydroxyl groups is 1. The second-order valence-corrected chi connectivity index (χ2v) is 23.0. The van der Waals surface area contributed by atoms with Crippen LogP contribution in [-0.2, 0) is 57.7 Å². The number of benzene rings is 8. The summed E-state index contributed by atoms with van der Waals surface area (Å²) >= 11 is 5.64. The number of fused-ring (bicyclic) bond motifs is 2. The number of nitrogens with one attached hydrogen (secondary N) is 1. The summed E-state index contributed by atoms with van der Waals surface area (Å²) in [5.74, 6) is 4.42. The number of aromatic amines is 1. The topological polar surface area (TPSA) is 529 Å². The first-order valence-electron chi connectivity index (χ1n) is 34.8. The number of hydrogen-bond acceptors (Lipinski definition) is 37. The minimum Gasteiger partial charge on any atom is -1.00 e. The summed E-state index contributed by atoms with van der Waals surface area (Å²) in [6, 6.07) is 38.6. The van der Waals surface area contributed by atoms with Gasteiger partial charge >= 0.3 is 108 Å². The third-order valence-corrected chi connectivity index (χ3v) is 15.5. The van der Waals surface area contributed by atoms with Crippen molar-refractivity contribution in [3.05, 3.63) is 237 Å². The average molecular weight is 1770 g/mol. The summed E-state index contributed by atoms with van der Waals surface area (Å²) in [4.78, 5) is 124. The number of H-pyrrole nitrogens is 1. The molecule has 0 saturated carbocycles. The maximum absolute atomic E-state index is 10.8. The van der Waals surface area contributed by atoms with Crippen LogP contribution in [0.1, 0.15) is 81.9 Å². The van der Waals surface area contributed by atoms with E-state index in [0.717, 1.165) is 80.5 Å². The van der Waals surface area contributed by atoms with Gasteiger partial charge in [-0.15, -0.1) is 0 Å². The number of aliphatic imine (C=N–C) groups is 2. The number of hydrogen-bond donors (Lipinski definition) is 3. The quantitative estimate of drug-likeness (QED) is 0.00582. The van der Waals surface area contributed by atoms with E-state index in [1.54, 1.807) is 84.0 Å². The molecule has 10 aromatic rings. The molecule has 8 aromatic carbocycles. The van der Waals surface area contributed by atoms with Crippen LogP contribution in [0.15, 0.2) is 173 Å². The van der Waals surface area contributed by atoms with Crippen molar-refractivity contribution in [2.24, 2.45) is 9.98 Å². The van der Waals surface area contributed by atoms with Crippen LogP contribution >= 0.6 is 11.6 Å². The third-order valence-electron chi connectivity index (χ3n) is 15.3. The number of carbonyl (C=O) groups excluding carboxylic acids is 4. The number of nitrogens with zero attached hydrogens (tertiary/aromatic N) is 8. The summed E-state index contributed by atoms with van der Waals surface area (Å²) in [7, 11) is 10.9. The van der Waals surface area contributed by atoms with E-state index in [1.807, 2.05) is 61.5 Å². The van der Waals surface area contributed by atoms with Crippen LogP contribution in [0, 0.1) is 30.3 Å². The van der Waals surface area contributed by atoms with Gasteiger partial charge in [0.15, 0.2) is 37.7 Å². The van der Waals surface area contributed by atoms with Crippen molar-refractivity contribution in [1.82, 2.24) is 19.9 Å². The van der Waals surface area contributed by atoms with E-state index in [2.05, 4.69) is 44.6 Å². The van der Waals surface area contributed by atoms with E-state index in [-0.39, 0.29) is 162 Å². The maximum Gasteiger partial charge on any atom is 1.00 e. The fourth-order valence-electron chi connectivity index (χ4n) is 9.71. The Labute approximate surface area is 787 Å². The molecule has 0 bridgehead atoms. The number of phenols is 1. The maximum atomic E-state index is 10.8. The molecule has 0 amide bonds. The SMILES string of the molecule is CCOOC=Nc1ccc(OC)cc1C1OCCO1.CCOOC=Nc1ccc(OC)cc1C=O.COc1ccc(N)c(C2OCCO2)c1.COc1ccc([N+](=O)[O-])c(C2OCCO2)c1.COc1ccc([N+](=O)[O-])c(C=O)c1.COc1ccc2[nH]c(=O)ncc2c1.COc1ccc2nc(Cl)ncc2c1.O=CO[O-].O=Cc1cc(O)ccc1[N+](=O)[O-].[H-].[K+].[K+]. The molecule has 2 aromatic heterocycles. The molecule has 0 spiro atoms. The monoisotopic (exact) mass is 1770 g/mol. The molecule has 3 aliphatic rings. The summed E-state index contributed by atoms with van der Waals surface area (Å²) in [6.07, 6.45) is 5.61. The normalized spacial score (nSPS) is 12.3. The fourth-order valence-corrected chi connectivity index (χ4v) is 9.85. The predicted molar refractivity (Wildman–Crippen MR) is 428 cm³/mol. The number of aromatic nitrogens is 4. The number of rotatable bonds is 25. The van der Waals surface area contributed by atoms with Crippen molar-refractivity contribution >= 4 is 106 Å². The zero-order valence-corrected chi connectivity index (χ0v) is 74.6. The Morgan fingerprint density at radius 3 is 1.36 bits per heavy atom. The molecule has 4 N–H and O–H groups in total. The number of halogens is 1. The fraction of sp³-hybridized carbons (Fsp3) is 0.256. The zero-order chi connectivity index (χ0) is 87.7. The number of phenolic OH excluding ortho intramolecular Hbond substituents is 1. The second kappa shape index (κ2) is 59.1. The van der Waals surface area contributed by atoms with E-state index >= 15 is 0 Å². The van der Waals surface area contributed by atoms with Gasteiger partial charge in [0.05, 0.1) is 156 Å². The zero-order valence-electron chi connectivity index (χ0n) is 68.6. The standard InChI is InChI=1S/C13H17NO5.C11H13NO4.C10H11NO5.C10H13NO3.C9H7ClN2O.C9H8N2O2.C8H7NO4.C7H5NO4.CH2O3.2K.H/c1-3-18-19-9-14-12-5-4-10(15-2)8-11(12)13-16-6-7-17-13;1-3-15-16-8-12-11-5-4-10(14-2)6-9(11)7-13;1-14-7-2-3-9(11(12)13)8(6-7)10-15-4-5-16-10;1-12-7-2-3-9(11)8(6-7)10-13-4-5-14-10;1-13-7-2-3-8-6(4-7)5-11-9(10)12-8;1-13-7-2-3-8-6(4-7)5-10-9(12)11-8;1-13-7-2-3-8(9(11)12)6(4-7)5-10;9-4-5-3-6(10)1-2-7(5)8(11)12;2-1-4-3;;;/h4-5,8-9,13H,3,6-7H2,1-2H3;4-8H,3H2,1-2H3;2-3,6,10H,4-5H2,1H3;2-3,6,10H,4-5,11H2,1H3;2-5H,1H3;2-5H,1H3,(H,10,11,12);2-5H,1H3;1-4,10H;1,3H;;;/q;;;;;;;;;2*+1;-1/p-1. The molecule has 44 heteroatoms. The number of nitrogens with two attached hydrogens (primary N) is 1. The number of aldehydes is 3. The first kappa shape index (κ1) is 105. The van der Waals surface area contributed by atoms with Gasteiger partial charge in [-0.2, -0.15) is 9.78 Å². The van der Waals surface area contributed by atoms with Gasteiger partial charge in [0, 0.05) is 63.7 Å². The van der Waals surface area contributed by atoms with E-state index in [4.69, 9.17) is 104 Å². The number of ether oxygens (including phenoxy) is 13. The number of carbonyl (C=O) groups is 4. The van der Waals surface area contributed by atoms with Gasteiger partial charge < -0.3 is 98.7 Å². The molecule has 13 rings (SSSR count). The minimum atomic E-state index is -0.677. The summed E-state index contributed by atoms with van der Waals surface area (Å²) in [5.41, 5.74) is 10.7. The summed E-state index contributed by atoms with van der Waals surface area (Å²) < 4.78 is 67.4. The van der Waals surface area contributed by atoms with Crippen molar-refractivity contribution in [2.45, 2.75) is 32.7 Å². The van der Waals surface area contributed by atoms with Gasteiger partial charge in [-0.1, -0.05) is 0 Å². The number of anilines is 1. The van der Waals surface area contributed by atoms with E-state index in [1.165, 1.54) is 64.3 Å². The molecule has 3 saturated heterocycles. The Bertz CT molecular complexity index is 5090. The van der Waals surface area contributed by atoms with E-state index < -0.39 is 27.3 Å². The van der Waals surface area contributed by atoms with Crippen LogP contribution in [-0.4, -0.2) is 181 Å². The second-order valence-electron chi connectivity index (χ2n) is 22.7. The smallest absolute Gasteiger partial charge is 1.00 e. The molecule has 122 heavy (non-hydrogen) atoms. The Kier molecular flexibility index (Phi) is 51.1. The molecule has 0 unspecified atom stereocenters. The number of nitrogen functional groups attached to an aromatic ring is 1. The molecule has 0 atom stereocenters. The van der Waals surface area contributed by atoms with Crippen LogP contribution in [0.5, 0.6) is 46.0 Å². The van der Waals surface area contributed by atoms with Crippen LogP contribution in [0.2, 0.25) is 5.28 Å². The molecule has 640 valence electrons. The summed E-state index contributed by atoms with van der Waals surface area (Å²) in [6.45, 7) is 7.57. The number of nitro benzene ring substituents is 3.